The number of rotatable bonds is 4. The van der Waals surface area contributed by atoms with E-state index in [1.165, 1.54) is 25.0 Å². The number of nitrogens with one attached hydrogen (secondary N) is 2. The molecule has 4 saturated carbocycles. The van der Waals surface area contributed by atoms with Crippen molar-refractivity contribution in [3.05, 3.63) is 12.2 Å². The molecule has 0 aromatic rings. The molecule has 6 atom stereocenters. The lowest BCUT2D eigenvalue weighted by molar-refractivity contribution is -0.118. The molecule has 0 spiro atoms. The van der Waals surface area contributed by atoms with E-state index in [1.807, 2.05) is 0 Å². The largest absolute Gasteiger partial charge is 0.268 e. The van der Waals surface area contributed by atoms with E-state index in [2.05, 4.69) is 94.5 Å². The summed E-state index contributed by atoms with van der Waals surface area (Å²) in [6.07, 6.45) is 6.90. The van der Waals surface area contributed by atoms with Gasteiger partial charge in [-0.05, 0) is 48.3 Å². The molecule has 4 rings (SSSR count). The highest BCUT2D eigenvalue weighted by Crippen LogP contribution is 2.66. The zero-order chi connectivity index (χ0) is 23.7. The first-order valence-electron chi connectivity index (χ1n) is 11.5. The molecule has 0 radical (unpaired) electrons. The van der Waals surface area contributed by atoms with E-state index < -0.39 is 11.8 Å². The fourth-order valence-corrected chi connectivity index (χ4v) is 9.90. The van der Waals surface area contributed by atoms with E-state index in [1.54, 1.807) is 0 Å². The molecule has 4 aliphatic rings. The predicted molar refractivity (Wildman–Crippen MR) is 135 cm³/mol. The maximum Gasteiger partial charge on any atom is 0.264 e. The number of amides is 2. The van der Waals surface area contributed by atoms with Crippen molar-refractivity contribution in [2.45, 2.75) is 76.9 Å². The van der Waals surface area contributed by atoms with Crippen LogP contribution >= 0.6 is 31.9 Å². The van der Waals surface area contributed by atoms with E-state index in [9.17, 15) is 9.59 Å². The zero-order valence-electron chi connectivity index (χ0n) is 19.8. The third-order valence-corrected chi connectivity index (χ3v) is 12.1. The molecule has 32 heavy (non-hydrogen) atoms. The first-order chi connectivity index (χ1) is 14.8. The van der Waals surface area contributed by atoms with Crippen molar-refractivity contribution in [3.8, 4) is 0 Å². The maximum absolute atomic E-state index is 12.3. The van der Waals surface area contributed by atoms with Gasteiger partial charge in [0.1, 0.15) is 0 Å². The van der Waals surface area contributed by atoms with E-state index >= 15 is 0 Å². The average molecular weight is 570 g/mol. The van der Waals surface area contributed by atoms with E-state index in [0.717, 1.165) is 24.3 Å². The second kappa shape index (κ2) is 7.76. The molecule has 6 nitrogen and oxygen atoms in total. The topological polar surface area (TPSA) is 82.9 Å². The highest BCUT2D eigenvalue weighted by Gasteiger charge is 2.65. The monoisotopic (exact) mass is 568 g/mol. The van der Waals surface area contributed by atoms with Crippen LogP contribution in [0.3, 0.4) is 0 Å². The van der Waals surface area contributed by atoms with Gasteiger partial charge in [0.15, 0.2) is 0 Å². The van der Waals surface area contributed by atoms with Crippen molar-refractivity contribution in [1.29, 1.82) is 0 Å². The molecule has 4 fully saturated rings. The summed E-state index contributed by atoms with van der Waals surface area (Å²) in [7, 11) is 0. The fourth-order valence-electron chi connectivity index (χ4n) is 6.83. The normalized spacial score (nSPS) is 43.5. The zero-order valence-corrected chi connectivity index (χ0v) is 22.9. The molecular formula is C24H34Br2N4O2. The second-order valence-electron chi connectivity index (χ2n) is 11.5. The number of carbonyl (C=O) groups excluding carboxylic acids is 2. The van der Waals surface area contributed by atoms with Crippen LogP contribution in [-0.2, 0) is 9.59 Å². The van der Waals surface area contributed by atoms with Crippen LogP contribution in [0.5, 0.6) is 0 Å². The minimum atomic E-state index is -0.421. The lowest BCUT2D eigenvalue weighted by atomic mass is 9.70. The number of fused-ring (bicyclic) bond motifs is 4. The van der Waals surface area contributed by atoms with E-state index in [0.29, 0.717) is 11.8 Å². The maximum atomic E-state index is 12.3. The number of hydrazone groups is 2. The Morgan fingerprint density at radius 2 is 1.12 bits per heavy atom. The number of hydrogen-bond acceptors (Lipinski definition) is 4. The van der Waals surface area contributed by atoms with Crippen molar-refractivity contribution in [1.82, 2.24) is 10.9 Å². The number of hydrogen-bond donors (Lipinski definition) is 2. The van der Waals surface area contributed by atoms with Crippen LogP contribution in [0.25, 0.3) is 0 Å². The number of alkyl halides is 2. The van der Waals surface area contributed by atoms with Crippen molar-refractivity contribution < 1.29 is 9.59 Å². The molecule has 0 aromatic carbocycles. The average Bonchev–Trinajstić information content (AvgIpc) is 3.19. The summed E-state index contributed by atoms with van der Waals surface area (Å²) in [5, 5.41) is 8.91. The first kappa shape index (κ1) is 24.1. The Morgan fingerprint density at radius 1 is 0.781 bits per heavy atom. The van der Waals surface area contributed by atoms with Crippen LogP contribution in [-0.4, -0.2) is 32.9 Å². The van der Waals surface area contributed by atoms with Gasteiger partial charge in [0.2, 0.25) is 0 Å². The lowest BCUT2D eigenvalue weighted by Crippen LogP contribution is -2.36. The molecule has 0 aliphatic heterocycles. The van der Waals surface area contributed by atoms with Gasteiger partial charge in [-0.1, -0.05) is 73.4 Å². The molecule has 0 unspecified atom stereocenters. The van der Waals surface area contributed by atoms with Gasteiger partial charge in [-0.25, -0.2) is 10.9 Å². The van der Waals surface area contributed by atoms with Gasteiger partial charge >= 0.3 is 0 Å². The van der Waals surface area contributed by atoms with Crippen LogP contribution in [0.4, 0.5) is 0 Å². The Morgan fingerprint density at radius 3 is 1.41 bits per heavy atom. The van der Waals surface area contributed by atoms with Gasteiger partial charge in [-0.3, -0.25) is 9.59 Å². The number of halogens is 2. The molecule has 2 N–H and O–H groups in total. The van der Waals surface area contributed by atoms with Gasteiger partial charge in [0.25, 0.3) is 11.8 Å². The van der Waals surface area contributed by atoms with Crippen molar-refractivity contribution in [2.75, 3.05) is 0 Å². The van der Waals surface area contributed by atoms with E-state index in [-0.39, 0.29) is 31.3 Å². The number of nitrogens with zero attached hydrogens (tertiary/aromatic N) is 2. The summed E-state index contributed by atoms with van der Waals surface area (Å²) in [5.74, 6) is 0.185. The van der Waals surface area contributed by atoms with Gasteiger partial charge < -0.3 is 0 Å². The van der Waals surface area contributed by atoms with Crippen LogP contribution in [0.1, 0.15) is 67.2 Å². The predicted octanol–water partition coefficient (Wildman–Crippen LogP) is 4.93. The molecule has 0 heterocycles. The fraction of sp³-hybridized carbons (Fsp3) is 0.750. The Kier molecular flexibility index (Phi) is 5.84. The molecule has 4 bridgehead atoms. The molecule has 0 aromatic heterocycles. The Labute approximate surface area is 207 Å². The minimum absolute atomic E-state index is 0.0346. The van der Waals surface area contributed by atoms with Gasteiger partial charge in [-0.2, -0.15) is 10.2 Å². The van der Waals surface area contributed by atoms with E-state index in [4.69, 9.17) is 0 Å². The second-order valence-corrected chi connectivity index (χ2v) is 13.5. The quantitative estimate of drug-likeness (QED) is 0.286. The summed E-state index contributed by atoms with van der Waals surface area (Å²) in [6, 6.07) is 0. The van der Waals surface area contributed by atoms with Crippen molar-refractivity contribution >= 4 is 55.1 Å². The Bertz CT molecular complexity index is 866. The summed E-state index contributed by atoms with van der Waals surface area (Å²) in [4.78, 5) is 24.9. The highest BCUT2D eigenvalue weighted by atomic mass is 79.9. The van der Waals surface area contributed by atoms with Crippen molar-refractivity contribution in [3.63, 3.8) is 0 Å². The lowest BCUT2D eigenvalue weighted by Gasteiger charge is -2.34. The molecular weight excluding hydrogens is 536 g/mol. The Balaban J connectivity index is 1.37. The van der Waals surface area contributed by atoms with Crippen LogP contribution in [0, 0.1) is 33.5 Å². The van der Waals surface area contributed by atoms with Crippen LogP contribution in [0.2, 0.25) is 0 Å². The third-order valence-electron chi connectivity index (χ3n) is 9.93. The molecule has 176 valence electrons. The summed E-state index contributed by atoms with van der Waals surface area (Å²) >= 11 is 7.57. The summed E-state index contributed by atoms with van der Waals surface area (Å²) in [6.45, 7) is 13.6. The van der Waals surface area contributed by atoms with Crippen molar-refractivity contribution in [2.24, 2.45) is 43.7 Å². The summed E-state index contributed by atoms with van der Waals surface area (Å²) < 4.78 is 0. The molecule has 2 amide bonds. The first-order valence-corrected chi connectivity index (χ1v) is 13.3. The Hall–Kier alpha value is -1.02. The SMILES string of the molecule is CC1(C)[C@H]2CC[C@]1(C)C(=NNC(=O)/C=C/C(=O)N/N=C1\[C@H](Br)[C@H]3CC[C@@]1(C)C3(C)C)[C@H]2Br. The molecule has 4 aliphatic carbocycles. The number of carbonyl (C=O) groups is 2. The molecule has 0 saturated heterocycles. The van der Waals surface area contributed by atoms with Gasteiger partial charge in [-0.15, -0.1) is 0 Å². The molecule has 8 heteroatoms. The third kappa shape index (κ3) is 3.22. The minimum Gasteiger partial charge on any atom is -0.268 e. The van der Waals surface area contributed by atoms with Gasteiger partial charge in [0, 0.05) is 23.0 Å². The van der Waals surface area contributed by atoms with Gasteiger partial charge in [0.05, 0.1) is 21.1 Å². The smallest absolute Gasteiger partial charge is 0.264 e. The van der Waals surface area contributed by atoms with Crippen LogP contribution in [0.15, 0.2) is 22.4 Å². The van der Waals surface area contributed by atoms with Crippen LogP contribution < -0.4 is 10.9 Å². The highest BCUT2D eigenvalue weighted by molar-refractivity contribution is 9.10. The summed E-state index contributed by atoms with van der Waals surface area (Å²) in [5.41, 5.74) is 7.41. The standard InChI is InChI=1S/C24H34Br2N4O2/c1-21(2)13-9-11-23(21,5)19(17(13)25)29-27-15(31)7-8-16(32)28-30-20-18(26)14-10-12-24(20,6)22(14,3)4/h7-8,13-14,17-18H,9-12H2,1-6H3,(H,27,31)(H,28,32)/b8-7+,29-19+,30-20?/t13-,14+,17-,18+,23-,24-/m1/s1.